The van der Waals surface area contributed by atoms with Crippen LogP contribution in [0.4, 0.5) is 4.79 Å². The predicted molar refractivity (Wildman–Crippen MR) is 74.9 cm³/mol. The maximum atomic E-state index is 11.7. The van der Waals surface area contributed by atoms with Crippen LogP contribution in [0.2, 0.25) is 0 Å². The second-order valence-electron chi connectivity index (χ2n) is 4.47. The first kappa shape index (κ1) is 16.9. The number of carbonyl (C=O) groups is 2. The summed E-state index contributed by atoms with van der Waals surface area (Å²) in [5, 5.41) is 16.3. The van der Waals surface area contributed by atoms with Crippen LogP contribution < -0.4 is 10.5 Å². The van der Waals surface area contributed by atoms with Crippen LogP contribution >= 0.6 is 0 Å². The lowest BCUT2D eigenvalue weighted by Gasteiger charge is -2.21. The highest BCUT2D eigenvalue weighted by molar-refractivity contribution is 7.89. The summed E-state index contributed by atoms with van der Waals surface area (Å²) in [5.41, 5.74) is 0.659. The lowest BCUT2D eigenvalue weighted by molar-refractivity contribution is -0.141. The highest BCUT2D eigenvalue weighted by atomic mass is 32.2. The average molecular weight is 315 g/mol. The summed E-state index contributed by atoms with van der Waals surface area (Å²) in [4.78, 5) is 23.5. The van der Waals surface area contributed by atoms with Crippen LogP contribution in [0.3, 0.4) is 0 Å². The molecule has 0 aliphatic heterocycles. The Morgan fingerprint density at radius 3 is 2.29 bits per heavy atom. The van der Waals surface area contributed by atoms with Crippen LogP contribution in [0, 0.1) is 0 Å². The van der Waals surface area contributed by atoms with E-state index >= 15 is 0 Å². The third kappa shape index (κ3) is 4.72. The number of nitrogens with two attached hydrogens (primary N) is 1. The van der Waals surface area contributed by atoms with E-state index in [0.29, 0.717) is 5.56 Å². The summed E-state index contributed by atoms with van der Waals surface area (Å²) in [5.74, 6) is -1.11. The van der Waals surface area contributed by atoms with E-state index in [0.717, 1.165) is 4.90 Å². The Bertz CT molecular complexity index is 627. The summed E-state index contributed by atoms with van der Waals surface area (Å²) in [6.45, 7) is 1.53. The Hall–Kier alpha value is -2.13. The Balaban J connectivity index is 2.64. The summed E-state index contributed by atoms with van der Waals surface area (Å²) in [7, 11) is -2.37. The monoisotopic (exact) mass is 315 g/mol. The third-order valence-corrected chi connectivity index (χ3v) is 3.88. The van der Waals surface area contributed by atoms with Gasteiger partial charge in [-0.3, -0.25) is 0 Å². The van der Waals surface area contributed by atoms with E-state index < -0.39 is 28.1 Å². The molecule has 116 valence electrons. The number of carboxylic acids is 1. The van der Waals surface area contributed by atoms with E-state index in [2.05, 4.69) is 5.32 Å². The summed E-state index contributed by atoms with van der Waals surface area (Å²) >= 11 is 0. The van der Waals surface area contributed by atoms with Crippen molar-refractivity contribution >= 4 is 22.0 Å². The Labute approximate surface area is 122 Å². The molecule has 2 amide bonds. The largest absolute Gasteiger partial charge is 0.480 e. The average Bonchev–Trinajstić information content (AvgIpc) is 2.42. The number of urea groups is 1. The molecular weight excluding hydrogens is 298 g/mol. The van der Waals surface area contributed by atoms with Gasteiger partial charge in [-0.15, -0.1) is 0 Å². The molecule has 1 rings (SSSR count). The molecule has 21 heavy (non-hydrogen) atoms. The first-order valence-electron chi connectivity index (χ1n) is 5.98. The molecule has 4 N–H and O–H groups in total. The number of hydrogen-bond acceptors (Lipinski definition) is 4. The van der Waals surface area contributed by atoms with Crippen molar-refractivity contribution in [3.05, 3.63) is 29.8 Å². The van der Waals surface area contributed by atoms with Crippen LogP contribution in [0.5, 0.6) is 0 Å². The molecule has 0 radical (unpaired) electrons. The molecule has 0 fully saturated rings. The van der Waals surface area contributed by atoms with Gasteiger partial charge in [-0.2, -0.15) is 0 Å². The van der Waals surface area contributed by atoms with Gasteiger partial charge in [0, 0.05) is 13.6 Å². The van der Waals surface area contributed by atoms with E-state index in [-0.39, 0.29) is 11.4 Å². The van der Waals surface area contributed by atoms with Crippen molar-refractivity contribution in [2.75, 3.05) is 7.05 Å². The van der Waals surface area contributed by atoms with Gasteiger partial charge in [-0.05, 0) is 24.6 Å². The lowest BCUT2D eigenvalue weighted by Crippen LogP contribution is -2.45. The molecule has 0 aliphatic carbocycles. The van der Waals surface area contributed by atoms with Crippen molar-refractivity contribution in [2.45, 2.75) is 24.4 Å². The normalized spacial score (nSPS) is 12.5. The first-order chi connectivity index (χ1) is 9.62. The molecule has 1 atom stereocenters. The minimum absolute atomic E-state index is 0.0193. The van der Waals surface area contributed by atoms with Crippen molar-refractivity contribution < 1.29 is 23.1 Å². The molecule has 1 unspecified atom stereocenters. The second-order valence-corrected chi connectivity index (χ2v) is 6.03. The van der Waals surface area contributed by atoms with Gasteiger partial charge in [0.2, 0.25) is 10.0 Å². The SMILES string of the molecule is CC(C(=O)O)N(C)C(=O)NCc1ccc(S(N)(=O)=O)cc1. The van der Waals surface area contributed by atoms with E-state index in [4.69, 9.17) is 10.2 Å². The Morgan fingerprint density at radius 1 is 1.33 bits per heavy atom. The molecule has 0 aliphatic rings. The van der Waals surface area contributed by atoms with Crippen molar-refractivity contribution in [1.82, 2.24) is 10.2 Å². The first-order valence-corrected chi connectivity index (χ1v) is 7.52. The van der Waals surface area contributed by atoms with Gasteiger partial charge in [0.05, 0.1) is 4.90 Å². The number of aliphatic carboxylic acids is 1. The number of sulfonamides is 1. The molecule has 0 saturated heterocycles. The van der Waals surface area contributed by atoms with Gasteiger partial charge in [-0.25, -0.2) is 23.1 Å². The molecule has 0 spiro atoms. The maximum Gasteiger partial charge on any atom is 0.326 e. The van der Waals surface area contributed by atoms with Gasteiger partial charge in [0.1, 0.15) is 6.04 Å². The molecule has 0 aromatic heterocycles. The number of rotatable bonds is 5. The lowest BCUT2D eigenvalue weighted by atomic mass is 10.2. The fourth-order valence-corrected chi connectivity index (χ4v) is 1.96. The molecule has 1 aromatic carbocycles. The zero-order valence-electron chi connectivity index (χ0n) is 11.6. The fourth-order valence-electron chi connectivity index (χ4n) is 1.44. The maximum absolute atomic E-state index is 11.7. The van der Waals surface area contributed by atoms with Crippen LogP contribution in [-0.4, -0.2) is 43.5 Å². The van der Waals surface area contributed by atoms with Crippen LogP contribution in [0.25, 0.3) is 0 Å². The second kappa shape index (κ2) is 6.55. The summed E-state index contributed by atoms with van der Waals surface area (Å²) < 4.78 is 22.2. The number of carboxylic acid groups (broad SMARTS) is 1. The third-order valence-electron chi connectivity index (χ3n) is 2.95. The number of carbonyl (C=O) groups excluding carboxylic acids is 1. The van der Waals surface area contributed by atoms with Gasteiger partial charge < -0.3 is 15.3 Å². The smallest absolute Gasteiger partial charge is 0.326 e. The highest BCUT2D eigenvalue weighted by Crippen LogP contribution is 2.08. The van der Waals surface area contributed by atoms with Crippen LogP contribution in [-0.2, 0) is 21.4 Å². The number of nitrogens with one attached hydrogen (secondary N) is 1. The fraction of sp³-hybridized carbons (Fsp3) is 0.333. The zero-order valence-corrected chi connectivity index (χ0v) is 12.4. The van der Waals surface area contributed by atoms with Crippen molar-refractivity contribution in [1.29, 1.82) is 0 Å². The quantitative estimate of drug-likeness (QED) is 0.701. The van der Waals surface area contributed by atoms with Gasteiger partial charge in [0.25, 0.3) is 0 Å². The summed E-state index contributed by atoms with van der Waals surface area (Å²) in [6, 6.07) is 4.21. The number of nitrogens with zero attached hydrogens (tertiary/aromatic N) is 1. The van der Waals surface area contributed by atoms with Gasteiger partial charge in [0.15, 0.2) is 0 Å². The van der Waals surface area contributed by atoms with Crippen molar-refractivity contribution in [3.63, 3.8) is 0 Å². The topological polar surface area (TPSA) is 130 Å². The Morgan fingerprint density at radius 2 is 1.86 bits per heavy atom. The zero-order chi connectivity index (χ0) is 16.2. The number of primary sulfonamides is 1. The highest BCUT2D eigenvalue weighted by Gasteiger charge is 2.21. The summed E-state index contributed by atoms with van der Waals surface area (Å²) in [6.07, 6.45) is 0. The standard InChI is InChI=1S/C12H17N3O5S/c1-8(11(16)17)15(2)12(18)14-7-9-3-5-10(6-4-9)21(13,19)20/h3-6,8H,7H2,1-2H3,(H,14,18)(H,16,17)(H2,13,19,20). The van der Waals surface area contributed by atoms with Crippen molar-refractivity contribution in [2.24, 2.45) is 5.14 Å². The molecule has 1 aromatic rings. The van der Waals surface area contributed by atoms with Crippen molar-refractivity contribution in [3.8, 4) is 0 Å². The van der Waals surface area contributed by atoms with Gasteiger partial charge in [-0.1, -0.05) is 12.1 Å². The molecule has 9 heteroatoms. The molecule has 0 bridgehead atoms. The van der Waals surface area contributed by atoms with E-state index in [1.807, 2.05) is 0 Å². The van der Waals surface area contributed by atoms with Crippen LogP contribution in [0.1, 0.15) is 12.5 Å². The number of amides is 2. The Kier molecular flexibility index (Phi) is 5.28. The van der Waals surface area contributed by atoms with Crippen LogP contribution in [0.15, 0.2) is 29.2 Å². The minimum Gasteiger partial charge on any atom is -0.480 e. The van der Waals surface area contributed by atoms with Gasteiger partial charge >= 0.3 is 12.0 Å². The van der Waals surface area contributed by atoms with E-state index in [9.17, 15) is 18.0 Å². The number of likely N-dealkylation sites (N-methyl/N-ethyl adjacent to an activating group) is 1. The number of hydrogen-bond donors (Lipinski definition) is 3. The molecule has 8 nitrogen and oxygen atoms in total. The molecular formula is C12H17N3O5S. The minimum atomic E-state index is -3.75. The van der Waals surface area contributed by atoms with E-state index in [1.54, 1.807) is 0 Å². The molecule has 0 heterocycles. The number of benzene rings is 1. The predicted octanol–water partition coefficient (Wildman–Crippen LogP) is -0.0515. The molecule has 0 saturated carbocycles. The van der Waals surface area contributed by atoms with E-state index in [1.165, 1.54) is 38.2 Å².